The van der Waals surface area contributed by atoms with Crippen LogP contribution in [-0.2, 0) is 23.3 Å². The van der Waals surface area contributed by atoms with E-state index in [-0.39, 0.29) is 6.09 Å². The van der Waals surface area contributed by atoms with Gasteiger partial charge in [0, 0.05) is 77.1 Å². The average molecular weight is 565 g/mol. The van der Waals surface area contributed by atoms with Crippen LogP contribution in [0.1, 0.15) is 24.4 Å². The van der Waals surface area contributed by atoms with E-state index in [0.717, 1.165) is 46.4 Å². The number of nitrogens with zero attached hydrogens (tertiary/aromatic N) is 8. The Hall–Kier alpha value is -3.64. The molecule has 1 fully saturated rings. The first-order chi connectivity index (χ1) is 19.1. The summed E-state index contributed by atoms with van der Waals surface area (Å²) in [7, 11) is 0.779. The first-order valence-corrected chi connectivity index (χ1v) is 17.6. The van der Waals surface area contributed by atoms with Gasteiger partial charge in [0.15, 0.2) is 0 Å². The Morgan fingerprint density at radius 1 is 1.05 bits per heavy atom. The Bertz CT molecular complexity index is 1460. The molecule has 1 unspecified atom stereocenters. The quantitative estimate of drug-likeness (QED) is 0.217. The van der Waals surface area contributed by atoms with Crippen molar-refractivity contribution in [2.45, 2.75) is 52.4 Å². The van der Waals surface area contributed by atoms with Gasteiger partial charge in [-0.2, -0.15) is 15.3 Å². The highest BCUT2D eigenvalue weighted by Gasteiger charge is 2.26. The van der Waals surface area contributed by atoms with Gasteiger partial charge in [-0.25, -0.2) is 14.0 Å². The number of hydrogen-bond acceptors (Lipinski definition) is 7. The third-order valence-electron chi connectivity index (χ3n) is 7.32. The van der Waals surface area contributed by atoms with Gasteiger partial charge in [0.05, 0.1) is 23.6 Å². The fraction of sp³-hybridized carbons (Fsp3) is 0.500. The summed E-state index contributed by atoms with van der Waals surface area (Å²) < 4.78 is 17.2. The maximum absolute atomic E-state index is 13.0. The normalized spacial score (nSPS) is 15.2. The van der Waals surface area contributed by atoms with Crippen LogP contribution in [0, 0.1) is 6.92 Å². The molecule has 0 aromatic carbocycles. The molecule has 0 spiro atoms. The number of carbonyl (C=O) groups excluding carboxylic acids is 1. The molecule has 11 nitrogen and oxygen atoms in total. The number of rotatable bonds is 9. The number of anilines is 1. The lowest BCUT2D eigenvalue weighted by atomic mass is 10.1. The molecule has 0 radical (unpaired) electrons. The van der Waals surface area contributed by atoms with Crippen LogP contribution in [0.2, 0.25) is 25.7 Å². The average Bonchev–Trinajstić information content (AvgIpc) is 3.64. The van der Waals surface area contributed by atoms with Crippen molar-refractivity contribution >= 4 is 25.4 Å². The summed E-state index contributed by atoms with van der Waals surface area (Å²) in [6, 6.07) is 7.26. The molecular formula is C28H40N8O3Si. The van der Waals surface area contributed by atoms with Crippen molar-refractivity contribution in [2.24, 2.45) is 7.05 Å². The lowest BCUT2D eigenvalue weighted by Crippen LogP contribution is -2.49. The zero-order valence-corrected chi connectivity index (χ0v) is 25.4. The molecule has 4 aromatic heterocycles. The van der Waals surface area contributed by atoms with Gasteiger partial charge in [-0.1, -0.05) is 25.7 Å². The second-order valence-corrected chi connectivity index (χ2v) is 17.4. The Kier molecular flexibility index (Phi) is 7.99. The molecule has 0 saturated carbocycles. The topological polar surface area (TPSA) is 95.0 Å². The Labute approximate surface area is 236 Å². The minimum Gasteiger partial charge on any atom is -0.440 e. The highest BCUT2D eigenvalue weighted by molar-refractivity contribution is 6.76. The van der Waals surface area contributed by atoms with Crippen molar-refractivity contribution < 1.29 is 14.3 Å². The van der Waals surface area contributed by atoms with Gasteiger partial charge in [-0.15, -0.1) is 0 Å². The summed E-state index contributed by atoms with van der Waals surface area (Å²) in [5.74, 6) is 0. The summed E-state index contributed by atoms with van der Waals surface area (Å²) in [6.07, 6.45) is 7.00. The van der Waals surface area contributed by atoms with Crippen LogP contribution in [0.5, 0.6) is 0 Å². The van der Waals surface area contributed by atoms with Crippen molar-refractivity contribution in [3.63, 3.8) is 0 Å². The number of pyridine rings is 1. The van der Waals surface area contributed by atoms with Crippen molar-refractivity contribution in [1.82, 2.24) is 34.1 Å². The maximum Gasteiger partial charge on any atom is 0.410 e. The van der Waals surface area contributed by atoms with Crippen LogP contribution in [0.4, 0.5) is 10.5 Å². The highest BCUT2D eigenvalue weighted by Crippen LogP contribution is 2.27. The SMILES string of the molecule is Cc1cc(C(C)OC(=O)N2CCN(c3cnn4cc(-c5cnn(C)c5)ccc34)CC2)nn1COCC[Si](C)(C)C. The lowest BCUT2D eigenvalue weighted by molar-refractivity contribution is 0.0624. The Morgan fingerprint density at radius 3 is 2.52 bits per heavy atom. The summed E-state index contributed by atoms with van der Waals surface area (Å²) >= 11 is 0. The number of hydrogen-bond donors (Lipinski definition) is 0. The first kappa shape index (κ1) is 27.9. The smallest absolute Gasteiger partial charge is 0.410 e. The van der Waals surface area contributed by atoms with E-state index in [1.165, 1.54) is 0 Å². The van der Waals surface area contributed by atoms with Gasteiger partial charge in [0.2, 0.25) is 0 Å². The van der Waals surface area contributed by atoms with E-state index in [1.807, 2.05) is 60.9 Å². The van der Waals surface area contributed by atoms with E-state index in [4.69, 9.17) is 9.47 Å². The van der Waals surface area contributed by atoms with Crippen molar-refractivity contribution in [2.75, 3.05) is 37.7 Å². The van der Waals surface area contributed by atoms with Crippen molar-refractivity contribution in [3.8, 4) is 11.1 Å². The van der Waals surface area contributed by atoms with Gasteiger partial charge in [0.1, 0.15) is 18.5 Å². The molecular weight excluding hydrogens is 524 g/mol. The second kappa shape index (κ2) is 11.5. The monoisotopic (exact) mass is 564 g/mol. The van der Waals surface area contributed by atoms with Gasteiger partial charge in [-0.3, -0.25) is 4.68 Å². The van der Waals surface area contributed by atoms with E-state index in [1.54, 1.807) is 9.58 Å². The molecule has 5 rings (SSSR count). The lowest BCUT2D eigenvalue weighted by Gasteiger charge is -2.35. The van der Waals surface area contributed by atoms with Crippen LogP contribution >= 0.6 is 0 Å². The standard InChI is InChI=1S/C28H40N8O3Si/c1-21-15-25(31-36(21)20-38-13-14-40(4,5)6)22(2)39-28(37)34-11-9-33(10-12-34)27-17-30-35-19-23(7-8-26(27)35)24-16-29-32(3)18-24/h7-8,15-19,22H,9-14,20H2,1-6H3. The molecule has 0 N–H and O–H groups in total. The maximum atomic E-state index is 13.0. The van der Waals surface area contributed by atoms with Crippen LogP contribution in [0.15, 0.2) is 43.0 Å². The van der Waals surface area contributed by atoms with Gasteiger partial charge in [0.25, 0.3) is 0 Å². The number of amides is 1. The summed E-state index contributed by atoms with van der Waals surface area (Å²) in [6.45, 7) is 14.6. The van der Waals surface area contributed by atoms with Crippen LogP contribution < -0.4 is 4.90 Å². The van der Waals surface area contributed by atoms with E-state index >= 15 is 0 Å². The number of fused-ring (bicyclic) bond motifs is 1. The fourth-order valence-corrected chi connectivity index (χ4v) is 5.52. The molecule has 12 heteroatoms. The molecule has 1 amide bonds. The van der Waals surface area contributed by atoms with Gasteiger partial charge < -0.3 is 19.3 Å². The largest absolute Gasteiger partial charge is 0.440 e. The van der Waals surface area contributed by atoms with E-state index in [9.17, 15) is 4.79 Å². The van der Waals surface area contributed by atoms with E-state index < -0.39 is 14.2 Å². The summed E-state index contributed by atoms with van der Waals surface area (Å²) in [5.41, 5.74) is 5.93. The minimum absolute atomic E-state index is 0.313. The number of aromatic nitrogens is 6. The van der Waals surface area contributed by atoms with Crippen LogP contribution in [0.3, 0.4) is 0 Å². The molecule has 1 saturated heterocycles. The third-order valence-corrected chi connectivity index (χ3v) is 9.02. The van der Waals surface area contributed by atoms with Gasteiger partial charge >= 0.3 is 6.09 Å². The van der Waals surface area contributed by atoms with Crippen molar-refractivity contribution in [3.05, 3.63) is 54.4 Å². The molecule has 5 heterocycles. The predicted molar refractivity (Wildman–Crippen MR) is 157 cm³/mol. The van der Waals surface area contributed by atoms with E-state index in [2.05, 4.69) is 52.0 Å². The second-order valence-electron chi connectivity index (χ2n) is 11.7. The molecule has 214 valence electrons. The molecule has 40 heavy (non-hydrogen) atoms. The summed E-state index contributed by atoms with van der Waals surface area (Å²) in [5, 5.41) is 13.5. The van der Waals surface area contributed by atoms with Gasteiger partial charge in [-0.05, 0) is 32.0 Å². The number of aryl methyl sites for hydroxylation is 2. The Morgan fingerprint density at radius 2 is 1.82 bits per heavy atom. The van der Waals surface area contributed by atoms with E-state index in [0.29, 0.717) is 32.9 Å². The number of ether oxygens (including phenoxy) is 2. The number of piperazine rings is 1. The van der Waals surface area contributed by atoms with Crippen LogP contribution in [0.25, 0.3) is 16.6 Å². The Balaban J connectivity index is 1.13. The minimum atomic E-state index is -1.13. The predicted octanol–water partition coefficient (Wildman–Crippen LogP) is 4.57. The van der Waals surface area contributed by atoms with Crippen molar-refractivity contribution in [1.29, 1.82) is 0 Å². The fourth-order valence-electron chi connectivity index (χ4n) is 4.77. The van der Waals surface area contributed by atoms with Crippen LogP contribution in [-0.4, -0.2) is 81.0 Å². The first-order valence-electron chi connectivity index (χ1n) is 13.9. The third kappa shape index (κ3) is 6.39. The zero-order valence-electron chi connectivity index (χ0n) is 24.4. The highest BCUT2D eigenvalue weighted by atomic mass is 28.3. The number of carbonyl (C=O) groups is 1. The zero-order chi connectivity index (χ0) is 28.4. The molecule has 4 aromatic rings. The molecule has 1 aliphatic rings. The molecule has 1 aliphatic heterocycles. The molecule has 1 atom stereocenters. The summed E-state index contributed by atoms with van der Waals surface area (Å²) in [4.78, 5) is 17.0. The molecule has 0 aliphatic carbocycles. The molecule has 0 bridgehead atoms.